The maximum atomic E-state index is 11.5. The van der Waals surface area contributed by atoms with Gasteiger partial charge in [-0.15, -0.1) is 0 Å². The van der Waals surface area contributed by atoms with Gasteiger partial charge in [-0.05, 0) is 47.5 Å². The average molecular weight is 279 g/mol. The molecule has 0 spiro atoms. The lowest BCUT2D eigenvalue weighted by Crippen LogP contribution is -2.61. The van der Waals surface area contributed by atoms with Gasteiger partial charge in [-0.25, -0.2) is 4.79 Å². The van der Waals surface area contributed by atoms with E-state index >= 15 is 0 Å². The van der Waals surface area contributed by atoms with Crippen LogP contribution in [0.4, 0.5) is 0 Å². The molecule has 0 atom stereocenters. The van der Waals surface area contributed by atoms with E-state index in [-0.39, 0.29) is 29.3 Å². The molecule has 5 heteroatoms. The van der Waals surface area contributed by atoms with E-state index in [1.807, 2.05) is 6.07 Å². The number of nitrogens with zero attached hydrogens (tertiary/aromatic N) is 1. The Bertz CT molecular complexity index is 417. The number of ether oxygens (including phenoxy) is 1. The summed E-state index contributed by atoms with van der Waals surface area (Å²) in [5.74, 6) is -0.574. The normalized spacial score (nSPS) is 21.9. The molecule has 0 aliphatic carbocycles. The summed E-state index contributed by atoms with van der Waals surface area (Å²) in [6.45, 7) is 10.6. The van der Waals surface area contributed by atoms with E-state index in [1.54, 1.807) is 6.92 Å². The van der Waals surface area contributed by atoms with Crippen LogP contribution in [0.5, 0.6) is 0 Å². The molecule has 2 N–H and O–H groups in total. The summed E-state index contributed by atoms with van der Waals surface area (Å²) in [5.41, 5.74) is 0.0505. The van der Waals surface area contributed by atoms with Crippen LogP contribution in [-0.2, 0) is 9.53 Å². The summed E-state index contributed by atoms with van der Waals surface area (Å²) in [6, 6.07) is 2.10. The third kappa shape index (κ3) is 4.86. The summed E-state index contributed by atoms with van der Waals surface area (Å²) in [6.07, 6.45) is 3.34. The smallest absolute Gasteiger partial charge is 0.350 e. The van der Waals surface area contributed by atoms with Crippen molar-refractivity contribution in [2.75, 3.05) is 6.61 Å². The zero-order valence-electron chi connectivity index (χ0n) is 13.0. The van der Waals surface area contributed by atoms with Gasteiger partial charge in [-0.2, -0.15) is 5.26 Å². The molecular formula is C15H25N3O2. The van der Waals surface area contributed by atoms with Gasteiger partial charge in [0.2, 0.25) is 0 Å². The van der Waals surface area contributed by atoms with Gasteiger partial charge in [0, 0.05) is 23.3 Å². The molecule has 1 rings (SSSR count). The average Bonchev–Trinajstić information content (AvgIpc) is 2.25. The Morgan fingerprint density at radius 2 is 1.95 bits per heavy atom. The van der Waals surface area contributed by atoms with Crippen LogP contribution in [-0.4, -0.2) is 29.7 Å². The fourth-order valence-corrected chi connectivity index (χ4v) is 2.99. The third-order valence-corrected chi connectivity index (χ3v) is 3.27. The van der Waals surface area contributed by atoms with Crippen LogP contribution in [0, 0.1) is 11.3 Å². The van der Waals surface area contributed by atoms with Crippen LogP contribution in [0.15, 0.2) is 11.8 Å². The van der Waals surface area contributed by atoms with Gasteiger partial charge < -0.3 is 15.4 Å². The quantitative estimate of drug-likeness (QED) is 0.467. The fourth-order valence-electron chi connectivity index (χ4n) is 2.99. The molecule has 0 amide bonds. The number of rotatable bonds is 4. The second-order valence-electron chi connectivity index (χ2n) is 6.55. The standard InChI is InChI=1S/C15H25N3O2/c1-6-20-13(19)11(9-16)10-17-12-7-14(2,3)18-15(4,5)8-12/h10,12,17-18H,6-8H2,1-5H3. The Hall–Kier alpha value is -1.54. The van der Waals surface area contributed by atoms with Crippen molar-refractivity contribution in [3.05, 3.63) is 11.8 Å². The molecule has 0 radical (unpaired) electrons. The number of piperidine rings is 1. The molecule has 112 valence electrons. The Morgan fingerprint density at radius 1 is 1.40 bits per heavy atom. The van der Waals surface area contributed by atoms with Gasteiger partial charge in [0.1, 0.15) is 6.07 Å². The second-order valence-corrected chi connectivity index (χ2v) is 6.55. The molecule has 5 nitrogen and oxygen atoms in total. The highest BCUT2D eigenvalue weighted by Gasteiger charge is 2.37. The van der Waals surface area contributed by atoms with E-state index in [0.29, 0.717) is 0 Å². The number of hydrogen-bond acceptors (Lipinski definition) is 5. The lowest BCUT2D eigenvalue weighted by molar-refractivity contribution is -0.138. The number of nitriles is 1. The van der Waals surface area contributed by atoms with Crippen LogP contribution < -0.4 is 10.6 Å². The molecule has 20 heavy (non-hydrogen) atoms. The largest absolute Gasteiger partial charge is 0.462 e. The van der Waals surface area contributed by atoms with Gasteiger partial charge in [0.25, 0.3) is 0 Å². The van der Waals surface area contributed by atoms with Crippen LogP contribution in [0.25, 0.3) is 0 Å². The zero-order valence-corrected chi connectivity index (χ0v) is 13.0. The van der Waals surface area contributed by atoms with Crippen molar-refractivity contribution in [3.63, 3.8) is 0 Å². The highest BCUT2D eigenvalue weighted by atomic mass is 16.5. The summed E-state index contributed by atoms with van der Waals surface area (Å²) >= 11 is 0. The maximum Gasteiger partial charge on any atom is 0.350 e. The molecule has 0 saturated carbocycles. The third-order valence-electron chi connectivity index (χ3n) is 3.27. The first-order chi connectivity index (χ1) is 9.19. The summed E-state index contributed by atoms with van der Waals surface area (Å²) < 4.78 is 4.83. The van der Waals surface area contributed by atoms with Crippen LogP contribution in [0.1, 0.15) is 47.5 Å². The highest BCUT2D eigenvalue weighted by molar-refractivity contribution is 5.92. The molecule has 1 heterocycles. The van der Waals surface area contributed by atoms with Gasteiger partial charge in [0.15, 0.2) is 5.57 Å². The molecule has 1 aliphatic rings. The van der Waals surface area contributed by atoms with E-state index in [4.69, 9.17) is 10.00 Å². The van der Waals surface area contributed by atoms with Crippen LogP contribution >= 0.6 is 0 Å². The number of carbonyl (C=O) groups excluding carboxylic acids is 1. The predicted octanol–water partition coefficient (Wildman–Crippen LogP) is 1.86. The van der Waals surface area contributed by atoms with Gasteiger partial charge in [-0.3, -0.25) is 0 Å². The molecule has 0 aromatic carbocycles. The van der Waals surface area contributed by atoms with Gasteiger partial charge in [-0.1, -0.05) is 0 Å². The highest BCUT2D eigenvalue weighted by Crippen LogP contribution is 2.28. The van der Waals surface area contributed by atoms with Crippen molar-refractivity contribution in [1.29, 1.82) is 5.26 Å². The number of nitrogens with one attached hydrogen (secondary N) is 2. The van der Waals surface area contributed by atoms with E-state index in [2.05, 4.69) is 38.3 Å². The topological polar surface area (TPSA) is 74.2 Å². The lowest BCUT2D eigenvalue weighted by atomic mass is 9.80. The summed E-state index contributed by atoms with van der Waals surface area (Å²) in [5, 5.41) is 15.8. The van der Waals surface area contributed by atoms with Gasteiger partial charge >= 0.3 is 5.97 Å². The Kier molecular flexibility index (Phi) is 5.18. The Balaban J connectivity index is 2.72. The van der Waals surface area contributed by atoms with E-state index in [9.17, 15) is 4.79 Å². The minimum Gasteiger partial charge on any atom is -0.462 e. The van der Waals surface area contributed by atoms with E-state index in [1.165, 1.54) is 6.20 Å². The molecule has 0 aromatic rings. The van der Waals surface area contributed by atoms with Crippen LogP contribution in [0.2, 0.25) is 0 Å². The summed E-state index contributed by atoms with van der Waals surface area (Å²) in [7, 11) is 0. The molecule has 1 aliphatic heterocycles. The zero-order chi connectivity index (χ0) is 15.4. The summed E-state index contributed by atoms with van der Waals surface area (Å²) in [4.78, 5) is 11.5. The van der Waals surface area contributed by atoms with Crippen molar-refractivity contribution < 1.29 is 9.53 Å². The molecule has 0 bridgehead atoms. The van der Waals surface area contributed by atoms with Crippen LogP contribution in [0.3, 0.4) is 0 Å². The predicted molar refractivity (Wildman–Crippen MR) is 77.8 cm³/mol. The molecule has 1 fully saturated rings. The first-order valence-electron chi connectivity index (χ1n) is 7.02. The lowest BCUT2D eigenvalue weighted by Gasteiger charge is -2.46. The molecule has 1 saturated heterocycles. The Labute approximate surface area is 121 Å². The fraction of sp³-hybridized carbons (Fsp3) is 0.733. The van der Waals surface area contributed by atoms with Gasteiger partial charge in [0.05, 0.1) is 6.61 Å². The van der Waals surface area contributed by atoms with Crippen molar-refractivity contribution in [2.45, 2.75) is 64.6 Å². The minimum absolute atomic E-state index is 0.0148. The van der Waals surface area contributed by atoms with E-state index < -0.39 is 5.97 Å². The number of esters is 1. The molecule has 0 unspecified atom stereocenters. The molecule has 0 aromatic heterocycles. The van der Waals surface area contributed by atoms with E-state index in [0.717, 1.165) is 12.8 Å². The Morgan fingerprint density at radius 3 is 2.40 bits per heavy atom. The monoisotopic (exact) mass is 279 g/mol. The number of hydrogen-bond donors (Lipinski definition) is 2. The first kappa shape index (κ1) is 16.5. The molecular weight excluding hydrogens is 254 g/mol. The van der Waals surface area contributed by atoms with Crippen molar-refractivity contribution in [2.24, 2.45) is 0 Å². The second kappa shape index (κ2) is 6.27. The first-order valence-corrected chi connectivity index (χ1v) is 7.02. The minimum atomic E-state index is -0.574. The van der Waals surface area contributed by atoms with Crippen molar-refractivity contribution in [3.8, 4) is 6.07 Å². The SMILES string of the molecule is CCOC(=O)C(C#N)=CNC1CC(C)(C)NC(C)(C)C1. The maximum absolute atomic E-state index is 11.5. The van der Waals surface area contributed by atoms with Crippen molar-refractivity contribution >= 4 is 5.97 Å². The van der Waals surface area contributed by atoms with Crippen molar-refractivity contribution in [1.82, 2.24) is 10.6 Å². The number of carbonyl (C=O) groups is 1.